The summed E-state index contributed by atoms with van der Waals surface area (Å²) in [5, 5.41) is 9.41. The van der Waals surface area contributed by atoms with Gasteiger partial charge >= 0.3 is 6.18 Å². The zero-order valence-corrected chi connectivity index (χ0v) is 13.6. The lowest BCUT2D eigenvalue weighted by Gasteiger charge is -2.09. The van der Waals surface area contributed by atoms with Crippen molar-refractivity contribution in [3.05, 3.63) is 64.5 Å². The van der Waals surface area contributed by atoms with Gasteiger partial charge in [0.1, 0.15) is 11.9 Å². The number of halogens is 3. The van der Waals surface area contributed by atoms with E-state index in [-0.39, 0.29) is 17.0 Å². The fraction of sp³-hybridized carbons (Fsp3) is 0.158. The van der Waals surface area contributed by atoms with Crippen LogP contribution in [0.25, 0.3) is 22.7 Å². The SMILES string of the molecule is Cc1cc2nc(/C(C#N)=C\c3ccccc3C(F)(F)F)[nH]c2cc1C. The molecule has 0 aliphatic heterocycles. The highest BCUT2D eigenvalue weighted by atomic mass is 19.4. The van der Waals surface area contributed by atoms with Crippen LogP contribution in [0.5, 0.6) is 0 Å². The molecule has 0 atom stereocenters. The van der Waals surface area contributed by atoms with Crippen LogP contribution >= 0.6 is 0 Å². The number of fused-ring (bicyclic) bond motifs is 1. The van der Waals surface area contributed by atoms with E-state index in [2.05, 4.69) is 9.97 Å². The zero-order chi connectivity index (χ0) is 18.2. The Morgan fingerprint density at radius 2 is 1.84 bits per heavy atom. The third kappa shape index (κ3) is 3.26. The largest absolute Gasteiger partial charge is 0.416 e. The second kappa shape index (κ2) is 6.10. The van der Waals surface area contributed by atoms with E-state index in [1.165, 1.54) is 24.3 Å². The molecule has 1 aromatic heterocycles. The minimum Gasteiger partial charge on any atom is -0.337 e. The van der Waals surface area contributed by atoms with Gasteiger partial charge in [0.05, 0.1) is 22.2 Å². The van der Waals surface area contributed by atoms with E-state index in [1.54, 1.807) is 0 Å². The monoisotopic (exact) mass is 341 g/mol. The summed E-state index contributed by atoms with van der Waals surface area (Å²) in [6.45, 7) is 3.90. The minimum absolute atomic E-state index is 0.0446. The normalized spacial score (nSPS) is 12.4. The fourth-order valence-corrected chi connectivity index (χ4v) is 2.59. The van der Waals surface area contributed by atoms with Gasteiger partial charge in [-0.25, -0.2) is 4.98 Å². The molecule has 3 nitrogen and oxygen atoms in total. The predicted octanol–water partition coefficient (Wildman–Crippen LogP) is 5.26. The Hall–Kier alpha value is -3.07. The van der Waals surface area contributed by atoms with Crippen LogP contribution in [-0.2, 0) is 6.18 Å². The number of aromatic nitrogens is 2. The summed E-state index contributed by atoms with van der Waals surface area (Å²) in [6.07, 6.45) is -3.28. The number of nitrogens with one attached hydrogen (secondary N) is 1. The number of imidazole rings is 1. The van der Waals surface area contributed by atoms with Crippen LogP contribution in [0.4, 0.5) is 13.2 Å². The maximum atomic E-state index is 13.1. The van der Waals surface area contributed by atoms with E-state index in [1.807, 2.05) is 32.0 Å². The van der Waals surface area contributed by atoms with Crippen molar-refractivity contribution in [3.8, 4) is 6.07 Å². The maximum Gasteiger partial charge on any atom is 0.416 e. The Balaban J connectivity index is 2.13. The Morgan fingerprint density at radius 1 is 1.16 bits per heavy atom. The molecule has 0 fully saturated rings. The lowest BCUT2D eigenvalue weighted by atomic mass is 10.0. The van der Waals surface area contributed by atoms with E-state index in [0.29, 0.717) is 5.52 Å². The summed E-state index contributed by atoms with van der Waals surface area (Å²) < 4.78 is 39.4. The minimum atomic E-state index is -4.49. The molecule has 0 aliphatic rings. The molecule has 2 aromatic carbocycles. The van der Waals surface area contributed by atoms with Crippen molar-refractivity contribution in [2.75, 3.05) is 0 Å². The van der Waals surface area contributed by atoms with Crippen LogP contribution in [0.2, 0.25) is 0 Å². The lowest BCUT2D eigenvalue weighted by Crippen LogP contribution is -2.07. The number of aryl methyl sites for hydroxylation is 2. The number of hydrogen-bond acceptors (Lipinski definition) is 2. The molecule has 0 spiro atoms. The first-order valence-corrected chi connectivity index (χ1v) is 7.55. The number of benzene rings is 2. The highest BCUT2D eigenvalue weighted by Crippen LogP contribution is 2.33. The van der Waals surface area contributed by atoms with Gasteiger partial charge in [0.15, 0.2) is 0 Å². The van der Waals surface area contributed by atoms with E-state index in [0.717, 1.165) is 22.7 Å². The summed E-state index contributed by atoms with van der Waals surface area (Å²) >= 11 is 0. The van der Waals surface area contributed by atoms with Crippen molar-refractivity contribution >= 4 is 22.7 Å². The molecule has 0 aliphatic carbocycles. The summed E-state index contributed by atoms with van der Waals surface area (Å²) in [4.78, 5) is 7.36. The molecule has 0 saturated heterocycles. The molecule has 0 unspecified atom stereocenters. The first-order chi connectivity index (χ1) is 11.8. The topological polar surface area (TPSA) is 52.5 Å². The molecular formula is C19H14F3N3. The number of allylic oxidation sites excluding steroid dienone is 1. The Bertz CT molecular complexity index is 982. The average molecular weight is 341 g/mol. The molecule has 6 heteroatoms. The molecule has 126 valence electrons. The first-order valence-electron chi connectivity index (χ1n) is 7.55. The van der Waals surface area contributed by atoms with Gasteiger partial charge in [-0.2, -0.15) is 18.4 Å². The maximum absolute atomic E-state index is 13.1. The molecule has 0 amide bonds. The highest BCUT2D eigenvalue weighted by molar-refractivity contribution is 5.91. The number of aromatic amines is 1. The van der Waals surface area contributed by atoms with Crippen molar-refractivity contribution < 1.29 is 13.2 Å². The Labute approximate surface area is 142 Å². The molecule has 25 heavy (non-hydrogen) atoms. The third-order valence-electron chi connectivity index (χ3n) is 4.04. The van der Waals surface area contributed by atoms with Crippen molar-refractivity contribution in [1.29, 1.82) is 5.26 Å². The number of alkyl halides is 3. The van der Waals surface area contributed by atoms with Gasteiger partial charge in [0, 0.05) is 0 Å². The molecule has 0 radical (unpaired) electrons. The van der Waals surface area contributed by atoms with Crippen LogP contribution < -0.4 is 0 Å². The Kier molecular flexibility index (Phi) is 4.09. The second-order valence-corrected chi connectivity index (χ2v) is 5.79. The van der Waals surface area contributed by atoms with E-state index >= 15 is 0 Å². The van der Waals surface area contributed by atoms with Crippen LogP contribution in [0.1, 0.15) is 28.1 Å². The van der Waals surface area contributed by atoms with Gasteiger partial charge in [0.25, 0.3) is 0 Å². The van der Waals surface area contributed by atoms with E-state index in [9.17, 15) is 18.4 Å². The quantitative estimate of drug-likeness (QED) is 0.646. The number of nitrogens with zero attached hydrogens (tertiary/aromatic N) is 2. The van der Waals surface area contributed by atoms with Gasteiger partial charge in [-0.05, 0) is 54.8 Å². The van der Waals surface area contributed by atoms with Gasteiger partial charge < -0.3 is 4.98 Å². The van der Waals surface area contributed by atoms with Gasteiger partial charge in [-0.15, -0.1) is 0 Å². The van der Waals surface area contributed by atoms with Crippen molar-refractivity contribution in [2.24, 2.45) is 0 Å². The van der Waals surface area contributed by atoms with Crippen LogP contribution in [0, 0.1) is 25.2 Å². The number of H-pyrrole nitrogens is 1. The van der Waals surface area contributed by atoms with Crippen molar-refractivity contribution in [2.45, 2.75) is 20.0 Å². The molecule has 0 saturated carbocycles. The molecule has 1 heterocycles. The third-order valence-corrected chi connectivity index (χ3v) is 4.04. The lowest BCUT2D eigenvalue weighted by molar-refractivity contribution is -0.137. The summed E-state index contributed by atoms with van der Waals surface area (Å²) in [6, 6.07) is 10.9. The summed E-state index contributed by atoms with van der Waals surface area (Å²) in [7, 11) is 0. The molecule has 3 rings (SSSR count). The fourth-order valence-electron chi connectivity index (χ4n) is 2.59. The zero-order valence-electron chi connectivity index (χ0n) is 13.6. The molecule has 0 bridgehead atoms. The van der Waals surface area contributed by atoms with Crippen molar-refractivity contribution in [1.82, 2.24) is 9.97 Å². The van der Waals surface area contributed by atoms with Crippen LogP contribution in [-0.4, -0.2) is 9.97 Å². The summed E-state index contributed by atoms with van der Waals surface area (Å²) in [5.41, 5.74) is 2.71. The standard InChI is InChI=1S/C19H14F3N3/c1-11-7-16-17(8-12(11)2)25-18(24-16)14(10-23)9-13-5-3-4-6-15(13)19(20,21)22/h3-9H,1-2H3,(H,24,25)/b14-9-. The smallest absolute Gasteiger partial charge is 0.337 e. The molecule has 1 N–H and O–H groups in total. The van der Waals surface area contributed by atoms with Gasteiger partial charge in [-0.1, -0.05) is 18.2 Å². The average Bonchev–Trinajstić information content (AvgIpc) is 2.95. The van der Waals surface area contributed by atoms with Gasteiger partial charge in [0.2, 0.25) is 0 Å². The number of rotatable bonds is 2. The molecule has 3 aromatic rings. The molecular weight excluding hydrogens is 327 g/mol. The summed E-state index contributed by atoms with van der Waals surface area (Å²) in [5.74, 6) is 0.250. The first kappa shape index (κ1) is 16.8. The second-order valence-electron chi connectivity index (χ2n) is 5.79. The highest BCUT2D eigenvalue weighted by Gasteiger charge is 2.32. The number of nitriles is 1. The Morgan fingerprint density at radius 3 is 2.52 bits per heavy atom. The van der Waals surface area contributed by atoms with E-state index in [4.69, 9.17) is 0 Å². The predicted molar refractivity (Wildman–Crippen MR) is 90.5 cm³/mol. The van der Waals surface area contributed by atoms with Crippen LogP contribution in [0.3, 0.4) is 0 Å². The van der Waals surface area contributed by atoms with Gasteiger partial charge in [-0.3, -0.25) is 0 Å². The van der Waals surface area contributed by atoms with Crippen molar-refractivity contribution in [3.63, 3.8) is 0 Å². The van der Waals surface area contributed by atoms with Crippen LogP contribution in [0.15, 0.2) is 36.4 Å². The number of hydrogen-bond donors (Lipinski definition) is 1. The van der Waals surface area contributed by atoms with E-state index < -0.39 is 11.7 Å².